The second kappa shape index (κ2) is 8.98. The summed E-state index contributed by atoms with van der Waals surface area (Å²) in [7, 11) is 1.46. The zero-order valence-electron chi connectivity index (χ0n) is 21.6. The average molecular weight is 567 g/mol. The summed E-state index contributed by atoms with van der Waals surface area (Å²) in [6.45, 7) is 5.82. The first-order chi connectivity index (χ1) is 18.6. The van der Waals surface area contributed by atoms with Gasteiger partial charge in [-0.15, -0.1) is 0 Å². The fraction of sp³-hybridized carbons (Fsp3) is 0.241. The Kier molecular flexibility index (Phi) is 5.91. The van der Waals surface area contributed by atoms with Gasteiger partial charge < -0.3 is 24.6 Å². The zero-order chi connectivity index (χ0) is 27.8. The highest BCUT2D eigenvalue weighted by molar-refractivity contribution is 6.31. The van der Waals surface area contributed by atoms with E-state index in [1.807, 2.05) is 31.4 Å². The van der Waals surface area contributed by atoms with Crippen molar-refractivity contribution in [2.45, 2.75) is 38.6 Å². The van der Waals surface area contributed by atoms with E-state index in [-0.39, 0.29) is 17.7 Å². The summed E-state index contributed by atoms with van der Waals surface area (Å²) < 4.78 is 21.5. The Labute approximate surface area is 234 Å². The Morgan fingerprint density at radius 3 is 2.54 bits per heavy atom. The van der Waals surface area contributed by atoms with Crippen LogP contribution >= 0.6 is 23.2 Å². The first-order valence-electron chi connectivity index (χ1n) is 12.4. The summed E-state index contributed by atoms with van der Waals surface area (Å²) in [6.07, 6.45) is -1.31. The SMILES string of the molecule is COc1cc(F)ccc1-c1nc2c(n1C(C)C)C1(C(=O)Nc3cc(Cl)ccc31)N(c1cc(Cl)ccc1C)C2O. The summed E-state index contributed by atoms with van der Waals surface area (Å²) >= 11 is 12.7. The number of aromatic nitrogens is 2. The number of carbonyl (C=O) groups is 1. The number of hydrogen-bond acceptors (Lipinski definition) is 5. The number of ether oxygens (including phenoxy) is 1. The van der Waals surface area contributed by atoms with Crippen LogP contribution in [0.5, 0.6) is 5.75 Å². The molecule has 3 aromatic carbocycles. The van der Waals surface area contributed by atoms with Crippen LogP contribution in [0.1, 0.15) is 48.6 Å². The number of fused-ring (bicyclic) bond motifs is 4. The third-order valence-electron chi connectivity index (χ3n) is 7.43. The number of nitrogens with zero attached hydrogens (tertiary/aromatic N) is 3. The Bertz CT molecular complexity index is 1670. The van der Waals surface area contributed by atoms with E-state index in [0.29, 0.717) is 49.8 Å². The number of hydrogen-bond donors (Lipinski definition) is 2. The topological polar surface area (TPSA) is 79.6 Å². The molecule has 6 rings (SSSR count). The third kappa shape index (κ3) is 3.51. The molecule has 3 heterocycles. The minimum atomic E-state index is -1.51. The molecule has 200 valence electrons. The molecule has 0 saturated heterocycles. The number of aliphatic hydroxyl groups is 1. The molecule has 4 aromatic rings. The number of carbonyl (C=O) groups excluding carboxylic acids is 1. The van der Waals surface area contributed by atoms with Crippen molar-refractivity contribution in [2.24, 2.45) is 0 Å². The van der Waals surface area contributed by atoms with Crippen LogP contribution in [-0.2, 0) is 10.3 Å². The van der Waals surface area contributed by atoms with Crippen LogP contribution in [0.15, 0.2) is 54.6 Å². The maximum atomic E-state index is 14.3. The first-order valence-corrected chi connectivity index (χ1v) is 13.2. The smallest absolute Gasteiger partial charge is 0.261 e. The highest BCUT2D eigenvalue weighted by atomic mass is 35.5. The summed E-state index contributed by atoms with van der Waals surface area (Å²) in [5.41, 5.74) is 2.39. The van der Waals surface area contributed by atoms with Crippen LogP contribution in [0.4, 0.5) is 15.8 Å². The molecule has 1 amide bonds. The van der Waals surface area contributed by atoms with E-state index in [9.17, 15) is 14.3 Å². The van der Waals surface area contributed by atoms with Crippen molar-refractivity contribution in [1.29, 1.82) is 0 Å². The summed E-state index contributed by atoms with van der Waals surface area (Å²) in [5.74, 6) is -0.0834. The highest BCUT2D eigenvalue weighted by Crippen LogP contribution is 2.58. The minimum Gasteiger partial charge on any atom is -0.496 e. The lowest BCUT2D eigenvalue weighted by atomic mass is 9.86. The number of imidazole rings is 1. The Morgan fingerprint density at radius 2 is 1.82 bits per heavy atom. The minimum absolute atomic E-state index is 0.209. The lowest BCUT2D eigenvalue weighted by Gasteiger charge is -2.39. The second-order valence-electron chi connectivity index (χ2n) is 10.0. The van der Waals surface area contributed by atoms with Gasteiger partial charge >= 0.3 is 0 Å². The van der Waals surface area contributed by atoms with Crippen molar-refractivity contribution in [1.82, 2.24) is 9.55 Å². The largest absolute Gasteiger partial charge is 0.496 e. The predicted octanol–water partition coefficient (Wildman–Crippen LogP) is 6.60. The number of methoxy groups -OCH3 is 1. The van der Waals surface area contributed by atoms with Crippen molar-refractivity contribution < 1.29 is 19.0 Å². The van der Waals surface area contributed by atoms with Crippen molar-refractivity contribution >= 4 is 40.5 Å². The molecule has 1 spiro atoms. The number of amides is 1. The van der Waals surface area contributed by atoms with Gasteiger partial charge in [0.1, 0.15) is 23.1 Å². The summed E-state index contributed by atoms with van der Waals surface area (Å²) in [5, 5.41) is 15.9. The molecule has 2 aliphatic heterocycles. The normalized spacial score (nSPS) is 19.6. The number of rotatable bonds is 4. The fourth-order valence-electron chi connectivity index (χ4n) is 5.85. The number of aryl methyl sites for hydroxylation is 1. The van der Waals surface area contributed by atoms with E-state index < -0.39 is 17.6 Å². The Morgan fingerprint density at radius 1 is 1.10 bits per heavy atom. The molecule has 10 heteroatoms. The van der Waals surface area contributed by atoms with Crippen molar-refractivity contribution in [3.63, 3.8) is 0 Å². The lowest BCUT2D eigenvalue weighted by Crippen LogP contribution is -2.50. The van der Waals surface area contributed by atoms with Gasteiger partial charge in [-0.05, 0) is 62.7 Å². The number of benzene rings is 3. The quantitative estimate of drug-likeness (QED) is 0.291. The molecule has 39 heavy (non-hydrogen) atoms. The van der Waals surface area contributed by atoms with Crippen LogP contribution < -0.4 is 15.0 Å². The number of anilines is 2. The van der Waals surface area contributed by atoms with Crippen LogP contribution in [0.2, 0.25) is 10.0 Å². The predicted molar refractivity (Wildman–Crippen MR) is 149 cm³/mol. The molecule has 0 radical (unpaired) electrons. The van der Waals surface area contributed by atoms with Gasteiger partial charge in [0.05, 0.1) is 18.4 Å². The number of nitrogens with one attached hydrogen (secondary N) is 1. The molecule has 2 N–H and O–H groups in total. The van der Waals surface area contributed by atoms with Gasteiger partial charge in [0, 0.05) is 39.1 Å². The van der Waals surface area contributed by atoms with Gasteiger partial charge in [0.15, 0.2) is 11.8 Å². The molecule has 2 atom stereocenters. The molecular formula is C29H25Cl2FN4O3. The Balaban J connectivity index is 1.73. The monoisotopic (exact) mass is 566 g/mol. The van der Waals surface area contributed by atoms with E-state index in [4.69, 9.17) is 32.9 Å². The highest BCUT2D eigenvalue weighted by Gasteiger charge is 2.64. The van der Waals surface area contributed by atoms with Crippen molar-refractivity contribution in [2.75, 3.05) is 17.3 Å². The van der Waals surface area contributed by atoms with Gasteiger partial charge in [-0.25, -0.2) is 9.37 Å². The summed E-state index contributed by atoms with van der Waals surface area (Å²) in [4.78, 5) is 20.9. The van der Waals surface area contributed by atoms with Crippen LogP contribution in [0, 0.1) is 12.7 Å². The molecule has 7 nitrogen and oxygen atoms in total. The second-order valence-corrected chi connectivity index (χ2v) is 10.9. The van der Waals surface area contributed by atoms with E-state index in [1.165, 1.54) is 19.2 Å². The molecule has 0 fully saturated rings. The molecular weight excluding hydrogens is 542 g/mol. The molecule has 0 aliphatic carbocycles. The van der Waals surface area contributed by atoms with Crippen LogP contribution in [-0.4, -0.2) is 27.7 Å². The molecule has 2 unspecified atom stereocenters. The molecule has 1 aromatic heterocycles. The molecule has 2 aliphatic rings. The van der Waals surface area contributed by atoms with Gasteiger partial charge in [0.25, 0.3) is 5.91 Å². The number of halogens is 3. The molecule has 0 saturated carbocycles. The summed E-state index contributed by atoms with van der Waals surface area (Å²) in [6, 6.07) is 14.5. The van der Waals surface area contributed by atoms with Gasteiger partial charge in [-0.3, -0.25) is 4.79 Å². The lowest BCUT2D eigenvalue weighted by molar-refractivity contribution is -0.120. The van der Waals surface area contributed by atoms with Crippen LogP contribution in [0.3, 0.4) is 0 Å². The van der Waals surface area contributed by atoms with E-state index in [2.05, 4.69) is 5.32 Å². The van der Waals surface area contributed by atoms with E-state index in [1.54, 1.807) is 41.3 Å². The Hall–Kier alpha value is -3.59. The van der Waals surface area contributed by atoms with E-state index in [0.717, 1.165) is 5.56 Å². The zero-order valence-corrected chi connectivity index (χ0v) is 23.1. The maximum Gasteiger partial charge on any atom is 0.261 e. The maximum absolute atomic E-state index is 14.3. The first kappa shape index (κ1) is 25.7. The van der Waals surface area contributed by atoms with Gasteiger partial charge in [-0.2, -0.15) is 0 Å². The van der Waals surface area contributed by atoms with Crippen LogP contribution in [0.25, 0.3) is 11.4 Å². The fourth-order valence-corrected chi connectivity index (χ4v) is 6.19. The van der Waals surface area contributed by atoms with Gasteiger partial charge in [0.2, 0.25) is 0 Å². The third-order valence-corrected chi connectivity index (χ3v) is 7.90. The average Bonchev–Trinajstić information content (AvgIpc) is 3.49. The van der Waals surface area contributed by atoms with E-state index >= 15 is 0 Å². The standard InChI is InChI=1S/C29H25Cl2FN4O3/c1-14(2)35-25-24(34-26(35)19-9-8-18(32)13-23(19)39-4)27(37)36(22-12-17(31)6-5-15(22)3)29(25)20-10-7-16(30)11-21(20)33-28(29)38/h5-14,27,37H,1-4H3,(H,33,38). The van der Waals surface area contributed by atoms with Crippen molar-refractivity contribution in [3.05, 3.63) is 93.0 Å². The van der Waals surface area contributed by atoms with Crippen molar-refractivity contribution in [3.8, 4) is 17.1 Å². The number of aliphatic hydroxyl groups excluding tert-OH is 1. The van der Waals surface area contributed by atoms with Gasteiger partial charge in [-0.1, -0.05) is 35.3 Å². The molecule has 0 bridgehead atoms.